The lowest BCUT2D eigenvalue weighted by molar-refractivity contribution is 0.0574. The molecule has 0 aromatic heterocycles. The second kappa shape index (κ2) is 3.57. The standard InChI is InChI=1S/C7H15N3O/c1-11-6-2-4-10(5-3-6)7(8)9/h6H,2-5H2,1H3,(H3,8,9). The minimum absolute atomic E-state index is 0.180. The first-order chi connectivity index (χ1) is 5.24. The molecule has 0 unspecified atom stereocenters. The summed E-state index contributed by atoms with van der Waals surface area (Å²) in [5.41, 5.74) is 5.32. The third-order valence-corrected chi connectivity index (χ3v) is 2.12. The summed E-state index contributed by atoms with van der Waals surface area (Å²) in [7, 11) is 1.73. The SMILES string of the molecule is COC1CCN(C(=N)N)CC1. The Morgan fingerprint density at radius 1 is 1.55 bits per heavy atom. The summed E-state index contributed by atoms with van der Waals surface area (Å²) >= 11 is 0. The third kappa shape index (κ3) is 2.08. The van der Waals surface area contributed by atoms with Gasteiger partial charge in [-0.3, -0.25) is 5.41 Å². The van der Waals surface area contributed by atoms with E-state index in [9.17, 15) is 0 Å². The summed E-state index contributed by atoms with van der Waals surface area (Å²) in [6, 6.07) is 0. The van der Waals surface area contributed by atoms with Gasteiger partial charge >= 0.3 is 0 Å². The van der Waals surface area contributed by atoms with E-state index in [1.807, 2.05) is 4.90 Å². The Kier molecular flexibility index (Phi) is 2.70. The molecule has 1 rings (SSSR count). The van der Waals surface area contributed by atoms with Gasteiger partial charge in [-0.15, -0.1) is 0 Å². The number of nitrogens with one attached hydrogen (secondary N) is 1. The number of ether oxygens (including phenoxy) is 1. The van der Waals surface area contributed by atoms with Crippen molar-refractivity contribution in [1.82, 2.24) is 4.90 Å². The van der Waals surface area contributed by atoms with Gasteiger partial charge in [0.15, 0.2) is 5.96 Å². The van der Waals surface area contributed by atoms with Crippen molar-refractivity contribution in [3.63, 3.8) is 0 Å². The predicted octanol–water partition coefficient (Wildman–Crippen LogP) is -0.00933. The Labute approximate surface area is 66.8 Å². The van der Waals surface area contributed by atoms with Crippen LogP contribution in [0.4, 0.5) is 0 Å². The molecule has 1 fully saturated rings. The normalized spacial score (nSPS) is 20.3. The maximum atomic E-state index is 7.17. The Hall–Kier alpha value is -0.770. The number of methoxy groups -OCH3 is 1. The monoisotopic (exact) mass is 157 g/mol. The molecule has 0 aliphatic carbocycles. The van der Waals surface area contributed by atoms with Gasteiger partial charge in [0.25, 0.3) is 0 Å². The zero-order valence-electron chi connectivity index (χ0n) is 6.84. The van der Waals surface area contributed by atoms with Crippen molar-refractivity contribution in [1.29, 1.82) is 5.41 Å². The lowest BCUT2D eigenvalue weighted by atomic mass is 10.1. The van der Waals surface area contributed by atoms with Crippen LogP contribution >= 0.6 is 0 Å². The van der Waals surface area contributed by atoms with Gasteiger partial charge in [-0.05, 0) is 12.8 Å². The van der Waals surface area contributed by atoms with E-state index in [-0.39, 0.29) is 5.96 Å². The fourth-order valence-electron chi connectivity index (χ4n) is 1.33. The molecule has 4 heteroatoms. The highest BCUT2D eigenvalue weighted by atomic mass is 16.5. The number of hydrogen-bond acceptors (Lipinski definition) is 2. The number of piperidine rings is 1. The Morgan fingerprint density at radius 3 is 2.45 bits per heavy atom. The van der Waals surface area contributed by atoms with Crippen LogP contribution in [0.15, 0.2) is 0 Å². The van der Waals surface area contributed by atoms with E-state index in [4.69, 9.17) is 15.9 Å². The number of nitrogens with two attached hydrogens (primary N) is 1. The number of nitrogens with zero attached hydrogens (tertiary/aromatic N) is 1. The molecule has 0 aromatic rings. The molecule has 1 aliphatic rings. The molecule has 0 radical (unpaired) electrons. The van der Waals surface area contributed by atoms with E-state index in [1.165, 1.54) is 0 Å². The van der Waals surface area contributed by atoms with E-state index >= 15 is 0 Å². The Bertz CT molecular complexity index is 141. The summed E-state index contributed by atoms with van der Waals surface area (Å²) in [6.45, 7) is 1.71. The van der Waals surface area contributed by atoms with E-state index in [0.717, 1.165) is 25.9 Å². The van der Waals surface area contributed by atoms with Gasteiger partial charge < -0.3 is 15.4 Å². The van der Waals surface area contributed by atoms with Gasteiger partial charge in [-0.2, -0.15) is 0 Å². The highest BCUT2D eigenvalue weighted by molar-refractivity contribution is 5.74. The van der Waals surface area contributed by atoms with Crippen LogP contribution in [0.25, 0.3) is 0 Å². The molecule has 11 heavy (non-hydrogen) atoms. The summed E-state index contributed by atoms with van der Waals surface area (Å²) in [5, 5.41) is 7.17. The van der Waals surface area contributed by atoms with Gasteiger partial charge in [0.05, 0.1) is 6.10 Å². The Balaban J connectivity index is 2.30. The fraction of sp³-hybridized carbons (Fsp3) is 0.857. The fourth-order valence-corrected chi connectivity index (χ4v) is 1.33. The van der Waals surface area contributed by atoms with Crippen LogP contribution in [0.5, 0.6) is 0 Å². The van der Waals surface area contributed by atoms with Crippen molar-refractivity contribution in [2.45, 2.75) is 18.9 Å². The van der Waals surface area contributed by atoms with Crippen LogP contribution in [0.2, 0.25) is 0 Å². The van der Waals surface area contributed by atoms with Crippen LogP contribution in [-0.4, -0.2) is 37.2 Å². The summed E-state index contributed by atoms with van der Waals surface area (Å²) < 4.78 is 5.18. The first-order valence-corrected chi connectivity index (χ1v) is 3.86. The van der Waals surface area contributed by atoms with E-state index < -0.39 is 0 Å². The molecular weight excluding hydrogens is 142 g/mol. The van der Waals surface area contributed by atoms with Crippen molar-refractivity contribution in [2.24, 2.45) is 5.73 Å². The van der Waals surface area contributed by atoms with E-state index in [2.05, 4.69) is 0 Å². The molecule has 1 heterocycles. The van der Waals surface area contributed by atoms with Crippen molar-refractivity contribution < 1.29 is 4.74 Å². The van der Waals surface area contributed by atoms with Gasteiger partial charge in [0.2, 0.25) is 0 Å². The molecule has 1 saturated heterocycles. The van der Waals surface area contributed by atoms with Crippen molar-refractivity contribution in [3.05, 3.63) is 0 Å². The minimum Gasteiger partial charge on any atom is -0.381 e. The molecule has 64 valence electrons. The van der Waals surface area contributed by atoms with Crippen LogP contribution in [0.1, 0.15) is 12.8 Å². The maximum absolute atomic E-state index is 7.17. The second-order valence-electron chi connectivity index (χ2n) is 2.81. The van der Waals surface area contributed by atoms with Crippen molar-refractivity contribution in [3.8, 4) is 0 Å². The zero-order valence-corrected chi connectivity index (χ0v) is 6.84. The number of guanidine groups is 1. The average molecular weight is 157 g/mol. The highest BCUT2D eigenvalue weighted by Crippen LogP contribution is 2.11. The minimum atomic E-state index is 0.180. The number of hydrogen-bond donors (Lipinski definition) is 2. The van der Waals surface area contributed by atoms with Gasteiger partial charge in [-0.1, -0.05) is 0 Å². The zero-order chi connectivity index (χ0) is 8.27. The topological polar surface area (TPSA) is 62.3 Å². The Morgan fingerprint density at radius 2 is 2.09 bits per heavy atom. The molecule has 0 bridgehead atoms. The van der Waals surface area contributed by atoms with Crippen LogP contribution in [0.3, 0.4) is 0 Å². The molecule has 0 aromatic carbocycles. The quantitative estimate of drug-likeness (QED) is 0.415. The summed E-state index contributed by atoms with van der Waals surface area (Å²) in [5.74, 6) is 0.180. The largest absolute Gasteiger partial charge is 0.381 e. The van der Waals surface area contributed by atoms with Gasteiger partial charge in [0.1, 0.15) is 0 Å². The van der Waals surface area contributed by atoms with Gasteiger partial charge in [0, 0.05) is 20.2 Å². The summed E-state index contributed by atoms with van der Waals surface area (Å²) in [6.07, 6.45) is 2.33. The van der Waals surface area contributed by atoms with E-state index in [0.29, 0.717) is 6.10 Å². The molecule has 0 atom stereocenters. The molecule has 0 spiro atoms. The van der Waals surface area contributed by atoms with E-state index in [1.54, 1.807) is 7.11 Å². The first kappa shape index (κ1) is 8.33. The van der Waals surface area contributed by atoms with Crippen molar-refractivity contribution >= 4 is 5.96 Å². The molecule has 1 aliphatic heterocycles. The first-order valence-electron chi connectivity index (χ1n) is 3.86. The smallest absolute Gasteiger partial charge is 0.188 e. The van der Waals surface area contributed by atoms with Crippen molar-refractivity contribution in [2.75, 3.05) is 20.2 Å². The van der Waals surface area contributed by atoms with Crippen LogP contribution < -0.4 is 5.73 Å². The second-order valence-corrected chi connectivity index (χ2v) is 2.81. The molecule has 4 nitrogen and oxygen atoms in total. The molecule has 0 amide bonds. The lowest BCUT2D eigenvalue weighted by Crippen LogP contribution is -2.43. The third-order valence-electron chi connectivity index (χ3n) is 2.12. The maximum Gasteiger partial charge on any atom is 0.188 e. The lowest BCUT2D eigenvalue weighted by Gasteiger charge is -2.31. The highest BCUT2D eigenvalue weighted by Gasteiger charge is 2.18. The molecule has 3 N–H and O–H groups in total. The number of likely N-dealkylation sites (tertiary alicyclic amines) is 1. The molecule has 0 saturated carbocycles. The summed E-state index contributed by atoms with van der Waals surface area (Å²) in [4.78, 5) is 1.87. The van der Waals surface area contributed by atoms with Crippen LogP contribution in [0, 0.1) is 5.41 Å². The average Bonchev–Trinajstić information content (AvgIpc) is 2.05. The predicted molar refractivity (Wildman–Crippen MR) is 43.5 cm³/mol. The number of rotatable bonds is 1. The van der Waals surface area contributed by atoms with Gasteiger partial charge in [-0.25, -0.2) is 0 Å². The molecular formula is C7H15N3O. The van der Waals surface area contributed by atoms with Crippen LogP contribution in [-0.2, 0) is 4.74 Å².